The maximum Gasteiger partial charge on any atom is 0.292 e. The van der Waals surface area contributed by atoms with Gasteiger partial charge in [-0.25, -0.2) is 0 Å². The van der Waals surface area contributed by atoms with Gasteiger partial charge in [0.05, 0.1) is 5.71 Å². The molecule has 4 rings (SSSR count). The molecule has 0 bridgehead atoms. The molecule has 0 radical (unpaired) electrons. The van der Waals surface area contributed by atoms with Crippen LogP contribution < -0.4 is 5.32 Å². The second kappa shape index (κ2) is 8.43. The first-order valence-electron chi connectivity index (χ1n) is 9.23. The number of carbonyl (C=O) groups excluding carboxylic acids is 1. The molecule has 1 atom stereocenters. The zero-order valence-corrected chi connectivity index (χ0v) is 17.9. The minimum absolute atomic E-state index is 0.000429. The molecule has 1 saturated carbocycles. The lowest BCUT2D eigenvalue weighted by atomic mass is 9.93. The molecule has 2 aliphatic carbocycles. The number of thiophene rings is 1. The standard InChI is InChI=1S/C20H20N2O4S3/c23-18(21-13-7-8-13)9-11-27-17-12-16(14-4-1-2-5-15(14)20(17)24)22-29(25,26)19-6-3-10-28-19/h1-6,10,12-13,20,24H,7-9,11H2,(H,21,23)/b22-16+. The van der Waals surface area contributed by atoms with Gasteiger partial charge in [0, 0.05) is 28.7 Å². The molecular formula is C20H20N2O4S3. The lowest BCUT2D eigenvalue weighted by molar-refractivity contribution is -0.120. The summed E-state index contributed by atoms with van der Waals surface area (Å²) >= 11 is 2.46. The third-order valence-electron chi connectivity index (χ3n) is 4.59. The molecule has 0 saturated heterocycles. The summed E-state index contributed by atoms with van der Waals surface area (Å²) in [7, 11) is -3.83. The van der Waals surface area contributed by atoms with E-state index in [4.69, 9.17) is 0 Å². The number of carbonyl (C=O) groups is 1. The zero-order valence-electron chi connectivity index (χ0n) is 15.4. The number of sulfonamides is 1. The second-order valence-electron chi connectivity index (χ2n) is 6.86. The summed E-state index contributed by atoms with van der Waals surface area (Å²) in [6, 6.07) is 10.6. The molecular weight excluding hydrogens is 428 g/mol. The number of thioether (sulfide) groups is 1. The van der Waals surface area contributed by atoms with Gasteiger partial charge in [-0.1, -0.05) is 30.3 Å². The van der Waals surface area contributed by atoms with E-state index in [0.717, 1.165) is 24.2 Å². The Morgan fingerprint density at radius 3 is 2.76 bits per heavy atom. The van der Waals surface area contributed by atoms with E-state index < -0.39 is 16.1 Å². The molecule has 29 heavy (non-hydrogen) atoms. The molecule has 2 aliphatic rings. The Hall–Kier alpha value is -1.94. The highest BCUT2D eigenvalue weighted by molar-refractivity contribution is 8.03. The fourth-order valence-corrected chi connectivity index (χ4v) is 5.95. The minimum atomic E-state index is -3.83. The van der Waals surface area contributed by atoms with E-state index in [0.29, 0.717) is 40.0 Å². The average Bonchev–Trinajstić information content (AvgIpc) is 3.31. The van der Waals surface area contributed by atoms with E-state index in [2.05, 4.69) is 9.71 Å². The highest BCUT2D eigenvalue weighted by Gasteiger charge is 2.27. The van der Waals surface area contributed by atoms with Crippen LogP contribution in [0.1, 0.15) is 36.5 Å². The molecule has 6 nitrogen and oxygen atoms in total. The Balaban J connectivity index is 1.58. The normalized spacial score (nSPS) is 20.2. The van der Waals surface area contributed by atoms with Gasteiger partial charge in [0.15, 0.2) is 0 Å². The number of aliphatic hydroxyl groups is 1. The molecule has 1 fully saturated rings. The number of amides is 1. The van der Waals surface area contributed by atoms with Crippen LogP contribution in [0.2, 0.25) is 0 Å². The summed E-state index contributed by atoms with van der Waals surface area (Å²) in [5.41, 5.74) is 1.50. The topological polar surface area (TPSA) is 95.8 Å². The van der Waals surface area contributed by atoms with E-state index in [9.17, 15) is 18.3 Å². The van der Waals surface area contributed by atoms with Crippen molar-refractivity contribution >= 4 is 44.7 Å². The smallest absolute Gasteiger partial charge is 0.292 e. The number of rotatable bonds is 7. The molecule has 1 heterocycles. The van der Waals surface area contributed by atoms with Crippen molar-refractivity contribution in [2.45, 2.75) is 35.6 Å². The highest BCUT2D eigenvalue weighted by atomic mass is 32.2. The molecule has 2 aromatic rings. The van der Waals surface area contributed by atoms with E-state index in [1.54, 1.807) is 41.8 Å². The first-order chi connectivity index (χ1) is 13.9. The first-order valence-corrected chi connectivity index (χ1v) is 12.5. The van der Waals surface area contributed by atoms with Crippen molar-refractivity contribution in [3.8, 4) is 0 Å². The summed E-state index contributed by atoms with van der Waals surface area (Å²) in [6.07, 6.45) is 3.16. The van der Waals surface area contributed by atoms with E-state index in [1.165, 1.54) is 17.8 Å². The SMILES string of the molecule is O=C(CCSC1=C/C(=N\S(=O)(=O)c2cccs2)c2ccccc2C1O)NC1CC1. The van der Waals surface area contributed by atoms with Crippen LogP contribution in [0.3, 0.4) is 0 Å². The summed E-state index contributed by atoms with van der Waals surface area (Å²) < 4.78 is 29.5. The predicted molar refractivity (Wildman–Crippen MR) is 116 cm³/mol. The van der Waals surface area contributed by atoms with E-state index >= 15 is 0 Å². The summed E-state index contributed by atoms with van der Waals surface area (Å²) in [4.78, 5) is 12.5. The fourth-order valence-electron chi connectivity index (χ4n) is 2.98. The van der Waals surface area contributed by atoms with Crippen molar-refractivity contribution in [3.05, 3.63) is 63.9 Å². The number of nitrogens with one attached hydrogen (secondary N) is 1. The van der Waals surface area contributed by atoms with Crippen LogP contribution in [0.4, 0.5) is 0 Å². The van der Waals surface area contributed by atoms with Crippen LogP contribution >= 0.6 is 23.1 Å². The molecule has 0 spiro atoms. The Morgan fingerprint density at radius 1 is 1.24 bits per heavy atom. The van der Waals surface area contributed by atoms with Crippen molar-refractivity contribution in [2.75, 3.05) is 5.75 Å². The van der Waals surface area contributed by atoms with Gasteiger partial charge < -0.3 is 10.4 Å². The number of hydrogen-bond donors (Lipinski definition) is 2. The van der Waals surface area contributed by atoms with Crippen LogP contribution in [0, 0.1) is 0 Å². The van der Waals surface area contributed by atoms with Crippen molar-refractivity contribution < 1.29 is 18.3 Å². The molecule has 9 heteroatoms. The van der Waals surface area contributed by atoms with Gasteiger partial charge in [-0.15, -0.1) is 23.1 Å². The predicted octanol–water partition coefficient (Wildman–Crippen LogP) is 3.26. The summed E-state index contributed by atoms with van der Waals surface area (Å²) in [5, 5.41) is 15.4. The number of fused-ring (bicyclic) bond motifs is 1. The lowest BCUT2D eigenvalue weighted by Crippen LogP contribution is -2.25. The molecule has 1 aromatic heterocycles. The van der Waals surface area contributed by atoms with Crippen LogP contribution in [-0.4, -0.2) is 36.9 Å². The van der Waals surface area contributed by atoms with Crippen molar-refractivity contribution in [3.63, 3.8) is 0 Å². The largest absolute Gasteiger partial charge is 0.383 e. The second-order valence-corrected chi connectivity index (χ2v) is 10.8. The van der Waals surface area contributed by atoms with Gasteiger partial charge in [0.1, 0.15) is 10.3 Å². The zero-order chi connectivity index (χ0) is 20.4. The third-order valence-corrected chi connectivity index (χ3v) is 8.33. The van der Waals surface area contributed by atoms with E-state index in [1.807, 2.05) is 0 Å². The number of nitrogens with zero attached hydrogens (tertiary/aromatic N) is 1. The number of benzene rings is 1. The number of hydrogen-bond acceptors (Lipinski definition) is 6. The van der Waals surface area contributed by atoms with Crippen molar-refractivity contribution in [1.29, 1.82) is 0 Å². The molecule has 0 aliphatic heterocycles. The fraction of sp³-hybridized carbons (Fsp3) is 0.300. The highest BCUT2D eigenvalue weighted by Crippen LogP contribution is 2.37. The monoisotopic (exact) mass is 448 g/mol. The quantitative estimate of drug-likeness (QED) is 0.678. The van der Waals surface area contributed by atoms with Crippen LogP contribution in [0.25, 0.3) is 0 Å². The molecule has 1 amide bonds. The maximum absolute atomic E-state index is 12.6. The van der Waals surface area contributed by atoms with Crippen molar-refractivity contribution in [2.24, 2.45) is 4.40 Å². The van der Waals surface area contributed by atoms with Crippen LogP contribution in [0.15, 0.2) is 61.4 Å². The Kier molecular flexibility index (Phi) is 5.91. The Morgan fingerprint density at radius 2 is 2.03 bits per heavy atom. The molecule has 1 unspecified atom stereocenters. The molecule has 1 aromatic carbocycles. The number of allylic oxidation sites excluding steroid dienone is 1. The van der Waals surface area contributed by atoms with Crippen molar-refractivity contribution in [1.82, 2.24) is 5.32 Å². The molecule has 2 N–H and O–H groups in total. The average molecular weight is 449 g/mol. The summed E-state index contributed by atoms with van der Waals surface area (Å²) in [6.45, 7) is 0. The van der Waals surface area contributed by atoms with E-state index in [-0.39, 0.29) is 10.1 Å². The van der Waals surface area contributed by atoms with Gasteiger partial charge in [-0.2, -0.15) is 12.8 Å². The van der Waals surface area contributed by atoms with Crippen LogP contribution in [0.5, 0.6) is 0 Å². The van der Waals surface area contributed by atoms with Gasteiger partial charge in [-0.3, -0.25) is 4.79 Å². The maximum atomic E-state index is 12.6. The van der Waals surface area contributed by atoms with Gasteiger partial charge in [0.2, 0.25) is 5.91 Å². The third kappa shape index (κ3) is 4.80. The summed E-state index contributed by atoms with van der Waals surface area (Å²) in [5.74, 6) is 0.495. The minimum Gasteiger partial charge on any atom is -0.383 e. The van der Waals surface area contributed by atoms with Gasteiger partial charge in [0.25, 0.3) is 10.0 Å². The van der Waals surface area contributed by atoms with Gasteiger partial charge in [-0.05, 0) is 35.9 Å². The Bertz CT molecular complexity index is 1070. The van der Waals surface area contributed by atoms with Gasteiger partial charge >= 0.3 is 0 Å². The number of aliphatic hydroxyl groups excluding tert-OH is 1. The van der Waals surface area contributed by atoms with Crippen LogP contribution in [-0.2, 0) is 14.8 Å². The molecule has 152 valence electrons. The first kappa shape index (κ1) is 20.3. The lowest BCUT2D eigenvalue weighted by Gasteiger charge is -2.23. The Labute approximate surface area is 177 Å².